The number of piperidine rings is 2. The van der Waals surface area contributed by atoms with Crippen molar-refractivity contribution >= 4 is 33.6 Å². The SMILES string of the molecule is CCOCN1CCC(N(C)CCOc2ccc3c(ccc4onc([C@@H]5CCC(=O)NC5=O)c43)c2)CC1. The largest absolute Gasteiger partial charge is 0.492 e. The maximum atomic E-state index is 12.4. The lowest BCUT2D eigenvalue weighted by Crippen LogP contribution is -2.45. The number of fused-ring (bicyclic) bond motifs is 3. The molecule has 9 heteroatoms. The van der Waals surface area contributed by atoms with Crippen LogP contribution in [0, 0.1) is 0 Å². The first-order chi connectivity index (χ1) is 17.5. The highest BCUT2D eigenvalue weighted by atomic mass is 16.5. The van der Waals surface area contributed by atoms with Crippen LogP contribution in [-0.2, 0) is 14.3 Å². The number of likely N-dealkylation sites (N-methyl/N-ethyl adjacent to an activating group) is 1. The van der Waals surface area contributed by atoms with Crippen molar-refractivity contribution < 1.29 is 23.6 Å². The third kappa shape index (κ3) is 5.23. The van der Waals surface area contributed by atoms with E-state index in [1.54, 1.807) is 0 Å². The van der Waals surface area contributed by atoms with E-state index in [1.807, 2.05) is 37.3 Å². The summed E-state index contributed by atoms with van der Waals surface area (Å²) in [4.78, 5) is 28.8. The zero-order valence-electron chi connectivity index (χ0n) is 21.0. The minimum atomic E-state index is -0.493. The van der Waals surface area contributed by atoms with E-state index in [-0.39, 0.29) is 11.8 Å². The number of carbonyl (C=O) groups is 2. The quantitative estimate of drug-likeness (QED) is 0.453. The summed E-state index contributed by atoms with van der Waals surface area (Å²) in [6.07, 6.45) is 3.02. The number of carbonyl (C=O) groups excluding carboxylic acids is 2. The first-order valence-electron chi connectivity index (χ1n) is 12.8. The van der Waals surface area contributed by atoms with Crippen LogP contribution in [0.3, 0.4) is 0 Å². The van der Waals surface area contributed by atoms with Crippen LogP contribution in [0.15, 0.2) is 34.9 Å². The lowest BCUT2D eigenvalue weighted by Gasteiger charge is -2.36. The molecule has 3 heterocycles. The molecule has 36 heavy (non-hydrogen) atoms. The Morgan fingerprint density at radius 3 is 2.78 bits per heavy atom. The molecule has 0 bridgehead atoms. The van der Waals surface area contributed by atoms with Crippen molar-refractivity contribution in [1.82, 2.24) is 20.3 Å². The summed E-state index contributed by atoms with van der Waals surface area (Å²) in [6.45, 7) is 7.13. The predicted octanol–water partition coefficient (Wildman–Crippen LogP) is 3.27. The van der Waals surface area contributed by atoms with Crippen molar-refractivity contribution in [1.29, 1.82) is 0 Å². The number of hydrogen-bond donors (Lipinski definition) is 1. The predicted molar refractivity (Wildman–Crippen MR) is 136 cm³/mol. The van der Waals surface area contributed by atoms with Gasteiger partial charge in [-0.25, -0.2) is 0 Å². The van der Waals surface area contributed by atoms with Crippen LogP contribution in [0.25, 0.3) is 21.7 Å². The number of nitrogens with one attached hydrogen (secondary N) is 1. The van der Waals surface area contributed by atoms with E-state index in [0.29, 0.717) is 36.8 Å². The molecule has 0 unspecified atom stereocenters. The zero-order chi connectivity index (χ0) is 25.1. The Hall–Kier alpha value is -3.01. The van der Waals surface area contributed by atoms with Crippen LogP contribution >= 0.6 is 0 Å². The molecule has 192 valence electrons. The van der Waals surface area contributed by atoms with Crippen LogP contribution in [-0.4, -0.2) is 79.4 Å². The van der Waals surface area contributed by atoms with E-state index in [9.17, 15) is 9.59 Å². The molecule has 0 radical (unpaired) electrons. The summed E-state index contributed by atoms with van der Waals surface area (Å²) in [5.74, 6) is -0.247. The molecule has 2 aliphatic rings. The van der Waals surface area contributed by atoms with E-state index in [4.69, 9.17) is 14.0 Å². The molecule has 2 saturated heterocycles. The molecular formula is C27H34N4O5. The minimum Gasteiger partial charge on any atom is -0.492 e. The number of ether oxygens (including phenoxy) is 2. The second-order valence-electron chi connectivity index (χ2n) is 9.69. The molecule has 0 aliphatic carbocycles. The second kappa shape index (κ2) is 10.9. The van der Waals surface area contributed by atoms with Gasteiger partial charge in [0.25, 0.3) is 0 Å². The Bertz CT molecular complexity index is 1230. The summed E-state index contributed by atoms with van der Waals surface area (Å²) in [5, 5.41) is 9.39. The van der Waals surface area contributed by atoms with Gasteiger partial charge in [-0.1, -0.05) is 11.2 Å². The highest BCUT2D eigenvalue weighted by molar-refractivity contribution is 6.10. The summed E-state index contributed by atoms with van der Waals surface area (Å²) < 4.78 is 17.2. The molecule has 2 aromatic carbocycles. The number of amides is 2. The number of rotatable bonds is 9. The fraction of sp³-hybridized carbons (Fsp3) is 0.519. The van der Waals surface area contributed by atoms with Gasteiger partial charge in [0.15, 0.2) is 5.58 Å². The summed E-state index contributed by atoms with van der Waals surface area (Å²) in [5.41, 5.74) is 1.22. The maximum Gasteiger partial charge on any atom is 0.235 e. The number of nitrogens with zero attached hydrogens (tertiary/aromatic N) is 3. The van der Waals surface area contributed by atoms with Crippen molar-refractivity contribution in [3.8, 4) is 5.75 Å². The number of benzene rings is 2. The van der Waals surface area contributed by atoms with E-state index in [0.717, 1.165) is 67.7 Å². The number of likely N-dealkylation sites (tertiary alicyclic amines) is 1. The smallest absolute Gasteiger partial charge is 0.235 e. The first-order valence-corrected chi connectivity index (χ1v) is 12.8. The van der Waals surface area contributed by atoms with Crippen LogP contribution in [0.1, 0.15) is 44.2 Å². The normalized spacial score (nSPS) is 19.9. The number of imide groups is 1. The van der Waals surface area contributed by atoms with Crippen molar-refractivity contribution in [2.24, 2.45) is 0 Å². The third-order valence-corrected chi connectivity index (χ3v) is 7.39. The molecule has 2 amide bonds. The molecule has 1 atom stereocenters. The molecule has 2 aliphatic heterocycles. The van der Waals surface area contributed by atoms with Crippen LogP contribution in [0.5, 0.6) is 5.75 Å². The average Bonchev–Trinajstić information content (AvgIpc) is 3.32. The van der Waals surface area contributed by atoms with Gasteiger partial charge in [0.05, 0.1) is 18.0 Å². The Balaban J connectivity index is 1.22. The first kappa shape index (κ1) is 24.7. The van der Waals surface area contributed by atoms with Crippen molar-refractivity contribution in [2.75, 3.05) is 46.6 Å². The van der Waals surface area contributed by atoms with E-state index >= 15 is 0 Å². The van der Waals surface area contributed by atoms with E-state index in [1.165, 1.54) is 0 Å². The van der Waals surface area contributed by atoms with Gasteiger partial charge < -0.3 is 14.0 Å². The molecule has 5 rings (SSSR count). The zero-order valence-corrected chi connectivity index (χ0v) is 21.0. The number of aromatic nitrogens is 1. The lowest BCUT2D eigenvalue weighted by molar-refractivity contribution is -0.134. The molecule has 0 spiro atoms. The highest BCUT2D eigenvalue weighted by Gasteiger charge is 2.32. The van der Waals surface area contributed by atoms with E-state index < -0.39 is 5.92 Å². The Morgan fingerprint density at radius 2 is 2.00 bits per heavy atom. The summed E-state index contributed by atoms with van der Waals surface area (Å²) >= 11 is 0. The third-order valence-electron chi connectivity index (χ3n) is 7.39. The topological polar surface area (TPSA) is 97.1 Å². The molecule has 1 N–H and O–H groups in total. The fourth-order valence-corrected chi connectivity index (χ4v) is 5.25. The van der Waals surface area contributed by atoms with Gasteiger partial charge in [-0.2, -0.15) is 0 Å². The highest BCUT2D eigenvalue weighted by Crippen LogP contribution is 2.36. The summed E-state index contributed by atoms with van der Waals surface area (Å²) in [7, 11) is 2.17. The molecule has 2 fully saturated rings. The van der Waals surface area contributed by atoms with Crippen molar-refractivity contribution in [3.05, 3.63) is 36.0 Å². The van der Waals surface area contributed by atoms with Gasteiger partial charge in [-0.3, -0.25) is 24.7 Å². The van der Waals surface area contributed by atoms with Gasteiger partial charge in [-0.15, -0.1) is 0 Å². The second-order valence-corrected chi connectivity index (χ2v) is 9.69. The maximum absolute atomic E-state index is 12.4. The molecule has 3 aromatic rings. The standard InChI is InChI=1S/C27H34N4O5/c1-3-34-17-31-12-10-19(11-13-31)30(2)14-15-35-20-5-6-21-18(16-20)4-8-23-25(21)26(29-36-23)22-7-9-24(32)28-27(22)33/h4-6,8,16,19,22H,3,7,9-15,17H2,1-2H3,(H,28,32,33)/t22-/m0/s1. The molecule has 1 aromatic heterocycles. The Labute approximate surface area is 210 Å². The minimum absolute atomic E-state index is 0.242. The van der Waals surface area contributed by atoms with Crippen LogP contribution in [0.2, 0.25) is 0 Å². The van der Waals surface area contributed by atoms with Crippen LogP contribution in [0.4, 0.5) is 0 Å². The van der Waals surface area contributed by atoms with Gasteiger partial charge in [0.1, 0.15) is 18.1 Å². The van der Waals surface area contributed by atoms with Crippen LogP contribution < -0.4 is 10.1 Å². The molecule has 0 saturated carbocycles. The summed E-state index contributed by atoms with van der Waals surface area (Å²) in [6, 6.07) is 10.4. The molecular weight excluding hydrogens is 460 g/mol. The fourth-order valence-electron chi connectivity index (χ4n) is 5.25. The lowest BCUT2D eigenvalue weighted by atomic mass is 9.91. The van der Waals surface area contributed by atoms with Gasteiger partial charge >= 0.3 is 0 Å². The van der Waals surface area contributed by atoms with Crippen molar-refractivity contribution in [2.45, 2.75) is 44.6 Å². The average molecular weight is 495 g/mol. The van der Waals surface area contributed by atoms with Crippen molar-refractivity contribution in [3.63, 3.8) is 0 Å². The Morgan fingerprint density at radius 1 is 1.17 bits per heavy atom. The van der Waals surface area contributed by atoms with Gasteiger partial charge in [0.2, 0.25) is 11.8 Å². The molecule has 9 nitrogen and oxygen atoms in total. The Kier molecular flexibility index (Phi) is 7.50. The van der Waals surface area contributed by atoms with E-state index in [2.05, 4.69) is 27.3 Å². The monoisotopic (exact) mass is 494 g/mol. The van der Waals surface area contributed by atoms with Gasteiger partial charge in [-0.05, 0) is 68.3 Å². The van der Waals surface area contributed by atoms with Gasteiger partial charge in [0, 0.05) is 38.7 Å². The number of hydrogen-bond acceptors (Lipinski definition) is 8.